The number of hydrogen-bond donors (Lipinski definition) is 1. The number of pyridine rings is 1. The smallest absolute Gasteiger partial charge is 0.0914 e. The summed E-state index contributed by atoms with van der Waals surface area (Å²) < 4.78 is 2.59. The lowest BCUT2D eigenvalue weighted by Crippen LogP contribution is -2.55. The topological polar surface area (TPSA) is 29.9 Å². The Morgan fingerprint density at radius 2 is 2.04 bits per heavy atom. The van der Waals surface area contributed by atoms with Gasteiger partial charge in [-0.2, -0.15) is 0 Å². The second-order valence-corrected chi connectivity index (χ2v) is 7.54. The number of nitrogens with one attached hydrogen (secondary N) is 1. The largest absolute Gasteiger partial charge is 0.346 e. The average Bonchev–Trinajstić information content (AvgIpc) is 3.01. The molecule has 7 rings (SSSR count). The molecule has 3 heteroatoms. The molecule has 116 valence electrons. The molecule has 1 aromatic carbocycles. The van der Waals surface area contributed by atoms with Crippen LogP contribution in [0.5, 0.6) is 0 Å². The SMILES string of the molecule is c1ccc2c3ccn4c(c-3nc2c1)C1CCC4C2CCCNC12. The molecule has 0 amide bonds. The third-order valence-electron chi connectivity index (χ3n) is 6.57. The standard InChI is InChI=1S/C20H21N3/c1-2-6-16-12(4-1)13-9-11-23-17-8-7-15(20(23)19(13)22-16)18-14(17)5-3-10-21-18/h1-2,4,6,9,11,14-15,17-18,21H,3,5,7-8,10H2. The van der Waals surface area contributed by atoms with E-state index in [-0.39, 0.29) is 0 Å². The third kappa shape index (κ3) is 1.51. The van der Waals surface area contributed by atoms with Crippen molar-refractivity contribution < 1.29 is 0 Å². The van der Waals surface area contributed by atoms with Crippen molar-refractivity contribution in [2.24, 2.45) is 5.92 Å². The van der Waals surface area contributed by atoms with Crippen molar-refractivity contribution in [2.45, 2.75) is 43.7 Å². The summed E-state index contributed by atoms with van der Waals surface area (Å²) in [5.41, 5.74) is 5.25. The highest BCUT2D eigenvalue weighted by molar-refractivity contribution is 5.98. The summed E-state index contributed by atoms with van der Waals surface area (Å²) in [7, 11) is 0. The van der Waals surface area contributed by atoms with Gasteiger partial charge in [-0.05, 0) is 50.3 Å². The van der Waals surface area contributed by atoms with E-state index in [1.165, 1.54) is 54.6 Å². The maximum absolute atomic E-state index is 5.04. The van der Waals surface area contributed by atoms with E-state index >= 15 is 0 Å². The van der Waals surface area contributed by atoms with Crippen molar-refractivity contribution in [1.82, 2.24) is 14.9 Å². The molecule has 1 aromatic rings. The normalized spacial score (nSPS) is 32.2. The van der Waals surface area contributed by atoms with Crippen molar-refractivity contribution >= 4 is 10.9 Å². The molecule has 3 nitrogen and oxygen atoms in total. The molecular formula is C20H21N3. The predicted molar refractivity (Wildman–Crippen MR) is 91.9 cm³/mol. The van der Waals surface area contributed by atoms with Gasteiger partial charge in [0.25, 0.3) is 0 Å². The van der Waals surface area contributed by atoms with Gasteiger partial charge in [0, 0.05) is 40.8 Å². The number of piperidine rings is 1. The highest BCUT2D eigenvalue weighted by atomic mass is 15.1. The summed E-state index contributed by atoms with van der Waals surface area (Å²) in [5.74, 6) is 1.46. The van der Waals surface area contributed by atoms with Crippen LogP contribution in [-0.2, 0) is 0 Å². The van der Waals surface area contributed by atoms with Gasteiger partial charge >= 0.3 is 0 Å². The maximum atomic E-state index is 5.04. The van der Waals surface area contributed by atoms with Crippen LogP contribution in [0.1, 0.15) is 43.3 Å². The van der Waals surface area contributed by atoms with E-state index in [1.54, 1.807) is 0 Å². The van der Waals surface area contributed by atoms with Gasteiger partial charge in [0.1, 0.15) is 0 Å². The second-order valence-electron chi connectivity index (χ2n) is 7.54. The Labute approximate surface area is 136 Å². The van der Waals surface area contributed by atoms with Gasteiger partial charge in [0.05, 0.1) is 11.2 Å². The van der Waals surface area contributed by atoms with Crippen LogP contribution in [0.4, 0.5) is 0 Å². The Morgan fingerprint density at radius 1 is 1.09 bits per heavy atom. The Morgan fingerprint density at radius 3 is 3.04 bits per heavy atom. The van der Waals surface area contributed by atoms with Crippen molar-refractivity contribution in [1.29, 1.82) is 0 Å². The van der Waals surface area contributed by atoms with Crippen LogP contribution in [0.3, 0.4) is 0 Å². The van der Waals surface area contributed by atoms with E-state index in [0.29, 0.717) is 18.0 Å². The number of rotatable bonds is 0. The molecule has 2 bridgehead atoms. The number of fused-ring (bicyclic) bond motifs is 4. The van der Waals surface area contributed by atoms with Gasteiger partial charge in [-0.1, -0.05) is 18.2 Å². The Hall–Kier alpha value is -1.87. The van der Waals surface area contributed by atoms with E-state index in [2.05, 4.69) is 46.4 Å². The Balaban J connectivity index is 1.64. The first-order valence-corrected chi connectivity index (χ1v) is 9.04. The minimum absolute atomic E-state index is 0.637. The summed E-state index contributed by atoms with van der Waals surface area (Å²) in [6.07, 6.45) is 7.74. The van der Waals surface area contributed by atoms with Gasteiger partial charge in [-0.3, -0.25) is 0 Å². The summed E-state index contributed by atoms with van der Waals surface area (Å²) in [4.78, 5) is 5.04. The lowest BCUT2D eigenvalue weighted by atomic mass is 9.65. The number of hydrogen-bond acceptors (Lipinski definition) is 2. The van der Waals surface area contributed by atoms with Crippen molar-refractivity contribution in [2.75, 3.05) is 6.54 Å². The monoisotopic (exact) mass is 303 g/mol. The van der Waals surface area contributed by atoms with Crippen LogP contribution < -0.4 is 5.32 Å². The van der Waals surface area contributed by atoms with E-state index in [1.807, 2.05) is 0 Å². The molecular weight excluding hydrogens is 282 g/mol. The summed E-state index contributed by atoms with van der Waals surface area (Å²) in [5, 5.41) is 5.16. The lowest BCUT2D eigenvalue weighted by molar-refractivity contribution is 0.0859. The molecule has 1 N–H and O–H groups in total. The molecule has 5 heterocycles. The summed E-state index contributed by atoms with van der Waals surface area (Å²) >= 11 is 0. The van der Waals surface area contributed by atoms with Crippen molar-refractivity contribution in [3.63, 3.8) is 0 Å². The number of aromatic nitrogens is 2. The van der Waals surface area contributed by atoms with Crippen LogP contribution in [0.25, 0.3) is 22.2 Å². The first-order chi connectivity index (χ1) is 11.4. The van der Waals surface area contributed by atoms with Crippen molar-refractivity contribution in [3.05, 3.63) is 42.2 Å². The molecule has 0 spiro atoms. The zero-order valence-corrected chi connectivity index (χ0v) is 13.2. The van der Waals surface area contributed by atoms with Gasteiger partial charge in [0.15, 0.2) is 0 Å². The average molecular weight is 303 g/mol. The van der Waals surface area contributed by atoms with Gasteiger partial charge in [0.2, 0.25) is 0 Å². The Kier molecular flexibility index (Phi) is 2.37. The molecule has 0 aromatic heterocycles. The molecule has 0 radical (unpaired) electrons. The van der Waals surface area contributed by atoms with Crippen LogP contribution in [0.2, 0.25) is 0 Å². The number of benzene rings is 1. The third-order valence-corrected chi connectivity index (χ3v) is 6.57. The minimum atomic E-state index is 0.637. The number of para-hydroxylation sites is 1. The first kappa shape index (κ1) is 12.5. The Bertz CT molecular complexity index is 880. The molecule has 4 atom stereocenters. The van der Waals surface area contributed by atoms with Crippen LogP contribution >= 0.6 is 0 Å². The molecule has 6 aliphatic rings. The molecule has 2 fully saturated rings. The molecule has 1 saturated carbocycles. The van der Waals surface area contributed by atoms with E-state index in [0.717, 1.165) is 11.4 Å². The zero-order valence-electron chi connectivity index (χ0n) is 13.2. The highest BCUT2D eigenvalue weighted by Crippen LogP contribution is 2.53. The number of nitrogens with zero attached hydrogens (tertiary/aromatic N) is 2. The quantitative estimate of drug-likeness (QED) is 0.681. The second kappa shape index (κ2) is 4.35. The van der Waals surface area contributed by atoms with Crippen molar-refractivity contribution in [3.8, 4) is 11.3 Å². The van der Waals surface area contributed by atoms with E-state index in [9.17, 15) is 0 Å². The van der Waals surface area contributed by atoms with Crippen LogP contribution in [0.15, 0.2) is 36.5 Å². The molecule has 1 aliphatic carbocycles. The van der Waals surface area contributed by atoms with Gasteiger partial charge < -0.3 is 9.88 Å². The summed E-state index contributed by atoms with van der Waals surface area (Å²) in [6.45, 7) is 1.19. The molecule has 23 heavy (non-hydrogen) atoms. The fourth-order valence-corrected chi connectivity index (χ4v) is 5.69. The van der Waals surface area contributed by atoms with Gasteiger partial charge in [-0.25, -0.2) is 4.98 Å². The van der Waals surface area contributed by atoms with Crippen LogP contribution in [-0.4, -0.2) is 22.1 Å². The fraction of sp³-hybridized carbons (Fsp3) is 0.450. The summed E-state index contributed by atoms with van der Waals surface area (Å²) in [6, 6.07) is 12.2. The molecule has 5 aliphatic heterocycles. The van der Waals surface area contributed by atoms with E-state index < -0.39 is 0 Å². The van der Waals surface area contributed by atoms with Gasteiger partial charge in [-0.15, -0.1) is 0 Å². The zero-order chi connectivity index (χ0) is 15.0. The first-order valence-electron chi connectivity index (χ1n) is 9.04. The maximum Gasteiger partial charge on any atom is 0.0914 e. The molecule has 4 unspecified atom stereocenters. The lowest BCUT2D eigenvalue weighted by Gasteiger charge is -2.53. The molecule has 1 saturated heterocycles. The van der Waals surface area contributed by atoms with Crippen LogP contribution in [0, 0.1) is 5.92 Å². The highest BCUT2D eigenvalue weighted by Gasteiger charge is 2.48. The predicted octanol–water partition coefficient (Wildman–Crippen LogP) is 3.94. The minimum Gasteiger partial charge on any atom is -0.346 e. The fourth-order valence-electron chi connectivity index (χ4n) is 5.69. The van der Waals surface area contributed by atoms with E-state index in [4.69, 9.17) is 4.98 Å².